The van der Waals surface area contributed by atoms with Crippen LogP contribution in [0.15, 0.2) is 48.5 Å². The van der Waals surface area contributed by atoms with Gasteiger partial charge in [-0.1, -0.05) is 70.2 Å². The van der Waals surface area contributed by atoms with Crippen LogP contribution in [0.25, 0.3) is 0 Å². The summed E-state index contributed by atoms with van der Waals surface area (Å²) in [7, 11) is 0. The average molecular weight is 368 g/mol. The number of amides is 1. The highest BCUT2D eigenvalue weighted by Crippen LogP contribution is 2.29. The standard InChI is InChI=1S/C24H33NO2/c1-17(2)21-13-12-18(3)14-22(21)27-16-23(26)25-19(4)15-24(5,6)20-10-8-7-9-11-20/h7-14,17,19H,15-16H2,1-6H3,(H,25,26)/t19-/m0/s1. The normalized spacial score (nSPS) is 12.7. The first-order chi connectivity index (χ1) is 12.7. The fourth-order valence-electron chi connectivity index (χ4n) is 3.53. The van der Waals surface area contributed by atoms with E-state index >= 15 is 0 Å². The molecule has 0 aliphatic rings. The number of hydrogen-bond acceptors (Lipinski definition) is 2. The molecule has 0 unspecified atom stereocenters. The third-order valence-electron chi connectivity index (χ3n) is 4.93. The van der Waals surface area contributed by atoms with Crippen LogP contribution in [0.2, 0.25) is 0 Å². The van der Waals surface area contributed by atoms with E-state index in [9.17, 15) is 4.79 Å². The fourth-order valence-corrected chi connectivity index (χ4v) is 3.53. The highest BCUT2D eigenvalue weighted by Gasteiger charge is 2.24. The van der Waals surface area contributed by atoms with E-state index in [0.29, 0.717) is 5.92 Å². The third-order valence-corrected chi connectivity index (χ3v) is 4.93. The average Bonchev–Trinajstić information content (AvgIpc) is 2.60. The number of rotatable bonds is 8. The highest BCUT2D eigenvalue weighted by atomic mass is 16.5. The molecule has 0 aliphatic carbocycles. The van der Waals surface area contributed by atoms with Gasteiger partial charge in [-0.25, -0.2) is 0 Å². The van der Waals surface area contributed by atoms with Gasteiger partial charge in [0.1, 0.15) is 5.75 Å². The Labute approximate surface area is 164 Å². The molecule has 1 N–H and O–H groups in total. The van der Waals surface area contributed by atoms with Crippen LogP contribution in [0, 0.1) is 6.92 Å². The summed E-state index contributed by atoms with van der Waals surface area (Å²) in [5.74, 6) is 1.08. The molecule has 2 rings (SSSR count). The van der Waals surface area contributed by atoms with Crippen molar-refractivity contribution in [1.29, 1.82) is 0 Å². The summed E-state index contributed by atoms with van der Waals surface area (Å²) >= 11 is 0. The van der Waals surface area contributed by atoms with Crippen LogP contribution in [0.1, 0.15) is 63.6 Å². The molecule has 1 atom stereocenters. The van der Waals surface area contributed by atoms with Gasteiger partial charge in [0.25, 0.3) is 5.91 Å². The van der Waals surface area contributed by atoms with E-state index in [1.165, 1.54) is 5.56 Å². The van der Waals surface area contributed by atoms with Crippen molar-refractivity contribution in [3.8, 4) is 5.75 Å². The summed E-state index contributed by atoms with van der Waals surface area (Å²) in [4.78, 5) is 12.4. The lowest BCUT2D eigenvalue weighted by Crippen LogP contribution is -2.39. The second-order valence-electron chi connectivity index (χ2n) is 8.41. The molecular weight excluding hydrogens is 334 g/mol. The summed E-state index contributed by atoms with van der Waals surface area (Å²) in [6.07, 6.45) is 0.866. The van der Waals surface area contributed by atoms with Crippen molar-refractivity contribution in [1.82, 2.24) is 5.32 Å². The minimum absolute atomic E-state index is 0.00380. The number of carbonyl (C=O) groups is 1. The largest absolute Gasteiger partial charge is 0.483 e. The Balaban J connectivity index is 1.91. The van der Waals surface area contributed by atoms with E-state index in [0.717, 1.165) is 23.3 Å². The molecule has 0 radical (unpaired) electrons. The Morgan fingerprint density at radius 1 is 1.07 bits per heavy atom. The maximum absolute atomic E-state index is 12.4. The molecule has 3 nitrogen and oxygen atoms in total. The SMILES string of the molecule is Cc1ccc(C(C)C)c(OCC(=O)N[C@@H](C)CC(C)(C)c2ccccc2)c1. The van der Waals surface area contributed by atoms with Crippen LogP contribution in [-0.2, 0) is 10.2 Å². The Bertz CT molecular complexity index is 750. The van der Waals surface area contributed by atoms with E-state index in [1.54, 1.807) is 0 Å². The fraction of sp³-hybridized carbons (Fsp3) is 0.458. The predicted molar refractivity (Wildman–Crippen MR) is 112 cm³/mol. The van der Waals surface area contributed by atoms with Crippen molar-refractivity contribution in [3.05, 3.63) is 65.2 Å². The molecule has 0 aromatic heterocycles. The zero-order valence-electron chi connectivity index (χ0n) is 17.5. The second-order valence-corrected chi connectivity index (χ2v) is 8.41. The molecule has 2 aromatic carbocycles. The summed E-state index contributed by atoms with van der Waals surface area (Å²) in [6, 6.07) is 16.7. The molecular formula is C24H33NO2. The van der Waals surface area contributed by atoms with Gasteiger partial charge >= 0.3 is 0 Å². The molecule has 2 aromatic rings. The van der Waals surface area contributed by atoms with E-state index in [1.807, 2.05) is 19.1 Å². The second kappa shape index (κ2) is 9.07. The number of aryl methyl sites for hydroxylation is 1. The molecule has 0 saturated carbocycles. The molecule has 146 valence electrons. The molecule has 0 heterocycles. The molecule has 27 heavy (non-hydrogen) atoms. The van der Waals surface area contributed by atoms with Crippen molar-refractivity contribution < 1.29 is 9.53 Å². The lowest BCUT2D eigenvalue weighted by Gasteiger charge is -2.29. The topological polar surface area (TPSA) is 38.3 Å². The number of benzene rings is 2. The van der Waals surface area contributed by atoms with Crippen molar-refractivity contribution >= 4 is 5.91 Å². The van der Waals surface area contributed by atoms with Crippen molar-refractivity contribution in [3.63, 3.8) is 0 Å². The number of ether oxygens (including phenoxy) is 1. The number of hydrogen-bond donors (Lipinski definition) is 1. The first-order valence-electron chi connectivity index (χ1n) is 9.77. The predicted octanol–water partition coefficient (Wildman–Crippen LogP) is 5.37. The van der Waals surface area contributed by atoms with E-state index in [2.05, 4.69) is 76.3 Å². The smallest absolute Gasteiger partial charge is 0.258 e. The molecule has 1 amide bonds. The van der Waals surface area contributed by atoms with E-state index in [4.69, 9.17) is 4.74 Å². The van der Waals surface area contributed by atoms with Crippen LogP contribution in [-0.4, -0.2) is 18.6 Å². The Kier molecular flexibility index (Phi) is 7.06. The van der Waals surface area contributed by atoms with Crippen LogP contribution < -0.4 is 10.1 Å². The van der Waals surface area contributed by atoms with Gasteiger partial charge in [-0.3, -0.25) is 4.79 Å². The minimum atomic E-state index is -0.0810. The number of carbonyl (C=O) groups excluding carboxylic acids is 1. The van der Waals surface area contributed by atoms with Crippen LogP contribution in [0.5, 0.6) is 5.75 Å². The van der Waals surface area contributed by atoms with E-state index in [-0.39, 0.29) is 24.0 Å². The quantitative estimate of drug-likeness (QED) is 0.681. The Morgan fingerprint density at radius 3 is 2.37 bits per heavy atom. The van der Waals surface area contributed by atoms with Crippen LogP contribution >= 0.6 is 0 Å². The number of nitrogens with one attached hydrogen (secondary N) is 1. The maximum atomic E-state index is 12.4. The summed E-state index contributed by atoms with van der Waals surface area (Å²) in [6.45, 7) is 12.8. The lowest BCUT2D eigenvalue weighted by molar-refractivity contribution is -0.123. The zero-order valence-corrected chi connectivity index (χ0v) is 17.5. The molecule has 3 heteroatoms. The summed E-state index contributed by atoms with van der Waals surface area (Å²) in [5.41, 5.74) is 3.54. The van der Waals surface area contributed by atoms with Crippen molar-refractivity contribution in [2.24, 2.45) is 0 Å². The van der Waals surface area contributed by atoms with Gasteiger partial charge in [-0.05, 0) is 54.4 Å². The van der Waals surface area contributed by atoms with Crippen LogP contribution in [0.3, 0.4) is 0 Å². The monoisotopic (exact) mass is 367 g/mol. The molecule has 0 aliphatic heterocycles. The molecule has 0 fully saturated rings. The maximum Gasteiger partial charge on any atom is 0.258 e. The molecule has 0 spiro atoms. The van der Waals surface area contributed by atoms with Gasteiger partial charge in [-0.2, -0.15) is 0 Å². The van der Waals surface area contributed by atoms with Gasteiger partial charge in [0, 0.05) is 6.04 Å². The van der Waals surface area contributed by atoms with E-state index < -0.39 is 0 Å². The minimum Gasteiger partial charge on any atom is -0.483 e. The summed E-state index contributed by atoms with van der Waals surface area (Å²) < 4.78 is 5.84. The molecule has 0 bridgehead atoms. The first kappa shape index (κ1) is 21.0. The van der Waals surface area contributed by atoms with Gasteiger partial charge in [0.05, 0.1) is 0 Å². The third kappa shape index (κ3) is 6.13. The first-order valence-corrected chi connectivity index (χ1v) is 9.77. The van der Waals surface area contributed by atoms with Gasteiger partial charge in [-0.15, -0.1) is 0 Å². The van der Waals surface area contributed by atoms with Gasteiger partial charge in [0.15, 0.2) is 6.61 Å². The van der Waals surface area contributed by atoms with Gasteiger partial charge < -0.3 is 10.1 Å². The van der Waals surface area contributed by atoms with Crippen molar-refractivity contribution in [2.75, 3.05) is 6.61 Å². The van der Waals surface area contributed by atoms with Crippen molar-refractivity contribution in [2.45, 2.75) is 65.3 Å². The lowest BCUT2D eigenvalue weighted by atomic mass is 9.79. The van der Waals surface area contributed by atoms with Gasteiger partial charge in [0.2, 0.25) is 0 Å². The summed E-state index contributed by atoms with van der Waals surface area (Å²) in [5, 5.41) is 3.08. The Morgan fingerprint density at radius 2 is 1.74 bits per heavy atom. The Hall–Kier alpha value is -2.29. The zero-order chi connectivity index (χ0) is 20.0. The highest BCUT2D eigenvalue weighted by molar-refractivity contribution is 5.77. The van der Waals surface area contributed by atoms with Crippen LogP contribution in [0.4, 0.5) is 0 Å². The molecule has 0 saturated heterocycles.